The molecule has 0 amide bonds. The van der Waals surface area contributed by atoms with Crippen LogP contribution in [0.2, 0.25) is 0 Å². The van der Waals surface area contributed by atoms with E-state index in [1.54, 1.807) is 0 Å². The topological polar surface area (TPSA) is 30.5 Å². The Labute approximate surface area is 130 Å². The summed E-state index contributed by atoms with van der Waals surface area (Å²) in [6.45, 7) is 14.2. The summed E-state index contributed by atoms with van der Waals surface area (Å²) in [5, 5.41) is 3.52. The normalized spacial score (nSPS) is 11.8. The molecular weight excluding hydrogens is 262 g/mol. The van der Waals surface area contributed by atoms with Crippen LogP contribution in [-0.4, -0.2) is 18.2 Å². The average molecular weight is 293 g/mol. The number of nitrogens with one attached hydrogen (secondary N) is 1. The maximum Gasteiger partial charge on any atom is 0.166 e. The molecule has 0 heterocycles. The van der Waals surface area contributed by atoms with E-state index in [0.29, 0.717) is 6.61 Å². The van der Waals surface area contributed by atoms with Crippen LogP contribution in [0.15, 0.2) is 18.2 Å². The van der Waals surface area contributed by atoms with E-state index in [1.807, 2.05) is 19.1 Å². The Bertz CT molecular complexity index is 420. The molecule has 0 spiro atoms. The van der Waals surface area contributed by atoms with Gasteiger partial charge in [-0.05, 0) is 46.6 Å². The number of benzene rings is 1. The molecule has 1 N–H and O–H groups in total. The number of ether oxygens (including phenoxy) is 2. The van der Waals surface area contributed by atoms with Gasteiger partial charge < -0.3 is 14.8 Å². The van der Waals surface area contributed by atoms with Crippen LogP contribution in [0, 0.1) is 0 Å². The van der Waals surface area contributed by atoms with E-state index in [0.717, 1.165) is 36.4 Å². The van der Waals surface area contributed by atoms with Gasteiger partial charge in [0.25, 0.3) is 0 Å². The van der Waals surface area contributed by atoms with E-state index in [2.05, 4.69) is 46.0 Å². The predicted molar refractivity (Wildman–Crippen MR) is 89.2 cm³/mol. The molecule has 0 aliphatic rings. The lowest BCUT2D eigenvalue weighted by atomic mass is 10.1. The van der Waals surface area contributed by atoms with Gasteiger partial charge in [-0.2, -0.15) is 0 Å². The summed E-state index contributed by atoms with van der Waals surface area (Å²) in [5.74, 6) is 1.74. The van der Waals surface area contributed by atoms with Crippen LogP contribution >= 0.6 is 0 Å². The van der Waals surface area contributed by atoms with Gasteiger partial charge in [0.05, 0.1) is 12.7 Å². The van der Waals surface area contributed by atoms with Crippen molar-refractivity contribution >= 4 is 0 Å². The van der Waals surface area contributed by atoms with E-state index >= 15 is 0 Å². The average Bonchev–Trinajstić information content (AvgIpc) is 2.43. The summed E-state index contributed by atoms with van der Waals surface area (Å²) in [6.07, 6.45) is 2.24. The third kappa shape index (κ3) is 5.96. The zero-order chi connectivity index (χ0) is 15.9. The Kier molecular flexibility index (Phi) is 7.03. The zero-order valence-corrected chi connectivity index (χ0v) is 14.5. The molecular formula is C18H31NO2. The van der Waals surface area contributed by atoms with Crippen molar-refractivity contribution < 1.29 is 9.47 Å². The summed E-state index contributed by atoms with van der Waals surface area (Å²) in [6, 6.07) is 6.13. The van der Waals surface area contributed by atoms with E-state index in [-0.39, 0.29) is 11.6 Å². The minimum Gasteiger partial charge on any atom is -0.490 e. The first-order chi connectivity index (χ1) is 9.91. The highest BCUT2D eigenvalue weighted by molar-refractivity contribution is 5.47. The van der Waals surface area contributed by atoms with Gasteiger partial charge in [-0.3, -0.25) is 0 Å². The third-order valence-corrected chi connectivity index (χ3v) is 3.36. The highest BCUT2D eigenvalue weighted by atomic mass is 16.5. The van der Waals surface area contributed by atoms with Gasteiger partial charge in [0.15, 0.2) is 11.5 Å². The molecule has 1 rings (SSSR count). The molecule has 0 saturated carbocycles. The number of hydrogen-bond donors (Lipinski definition) is 1. The Morgan fingerprint density at radius 1 is 1.10 bits per heavy atom. The van der Waals surface area contributed by atoms with Crippen molar-refractivity contribution in [3.05, 3.63) is 23.8 Å². The Hall–Kier alpha value is -1.22. The largest absolute Gasteiger partial charge is 0.490 e. The summed E-state index contributed by atoms with van der Waals surface area (Å²) in [7, 11) is 0. The first-order valence-electron chi connectivity index (χ1n) is 8.07. The molecule has 120 valence electrons. The van der Waals surface area contributed by atoms with Gasteiger partial charge in [-0.25, -0.2) is 0 Å². The Morgan fingerprint density at radius 3 is 2.29 bits per heavy atom. The van der Waals surface area contributed by atoms with E-state index < -0.39 is 0 Å². The van der Waals surface area contributed by atoms with Crippen LogP contribution in [0.4, 0.5) is 0 Å². The van der Waals surface area contributed by atoms with Crippen molar-refractivity contribution in [1.29, 1.82) is 0 Å². The van der Waals surface area contributed by atoms with Crippen LogP contribution in [-0.2, 0) is 6.54 Å². The molecule has 21 heavy (non-hydrogen) atoms. The SMILES string of the molecule is CCOc1cccc(CNC(C)(C)C)c1OC(CC)CC. The molecule has 3 heteroatoms. The van der Waals surface area contributed by atoms with Gasteiger partial charge >= 0.3 is 0 Å². The maximum absolute atomic E-state index is 6.23. The molecule has 0 atom stereocenters. The summed E-state index contributed by atoms with van der Waals surface area (Å²) >= 11 is 0. The molecule has 0 bridgehead atoms. The lowest BCUT2D eigenvalue weighted by molar-refractivity contribution is 0.179. The number of para-hydroxylation sites is 1. The third-order valence-electron chi connectivity index (χ3n) is 3.36. The van der Waals surface area contributed by atoms with Crippen LogP contribution in [0.3, 0.4) is 0 Å². The van der Waals surface area contributed by atoms with Crippen molar-refractivity contribution in [2.75, 3.05) is 6.61 Å². The molecule has 1 aromatic carbocycles. The Balaban J connectivity index is 3.01. The monoisotopic (exact) mass is 293 g/mol. The second kappa shape index (κ2) is 8.28. The fourth-order valence-electron chi connectivity index (χ4n) is 2.09. The van der Waals surface area contributed by atoms with Gasteiger partial charge in [-0.1, -0.05) is 26.0 Å². The second-order valence-electron chi connectivity index (χ2n) is 6.34. The molecule has 0 fully saturated rings. The maximum atomic E-state index is 6.23. The van der Waals surface area contributed by atoms with Crippen molar-refractivity contribution in [3.8, 4) is 11.5 Å². The molecule has 1 aromatic rings. The molecule has 3 nitrogen and oxygen atoms in total. The van der Waals surface area contributed by atoms with Crippen LogP contribution in [0.5, 0.6) is 11.5 Å². The van der Waals surface area contributed by atoms with Crippen LogP contribution < -0.4 is 14.8 Å². The molecule has 0 saturated heterocycles. The van der Waals surface area contributed by atoms with Crippen LogP contribution in [0.1, 0.15) is 59.9 Å². The summed E-state index contributed by atoms with van der Waals surface area (Å²) in [5.41, 5.74) is 1.23. The fourth-order valence-corrected chi connectivity index (χ4v) is 2.09. The molecule has 0 aliphatic carbocycles. The van der Waals surface area contributed by atoms with E-state index in [1.165, 1.54) is 0 Å². The highest BCUT2D eigenvalue weighted by Crippen LogP contribution is 2.33. The Morgan fingerprint density at radius 2 is 1.76 bits per heavy atom. The first kappa shape index (κ1) is 17.8. The standard InChI is InChI=1S/C18H31NO2/c1-7-15(8-2)21-17-14(13-19-18(4,5)6)11-10-12-16(17)20-9-3/h10-12,15,19H,7-9,13H2,1-6H3. The van der Waals surface area contributed by atoms with Gasteiger partial charge in [0.2, 0.25) is 0 Å². The van der Waals surface area contributed by atoms with Gasteiger partial charge in [0, 0.05) is 17.6 Å². The lowest BCUT2D eigenvalue weighted by Gasteiger charge is -2.24. The second-order valence-corrected chi connectivity index (χ2v) is 6.34. The number of rotatable bonds is 8. The molecule has 0 aliphatic heterocycles. The smallest absolute Gasteiger partial charge is 0.166 e. The van der Waals surface area contributed by atoms with E-state index in [9.17, 15) is 0 Å². The minimum absolute atomic E-state index is 0.0772. The quantitative estimate of drug-likeness (QED) is 0.763. The highest BCUT2D eigenvalue weighted by Gasteiger charge is 2.17. The van der Waals surface area contributed by atoms with Crippen molar-refractivity contribution in [2.24, 2.45) is 0 Å². The predicted octanol–water partition coefficient (Wildman–Crippen LogP) is 4.54. The van der Waals surface area contributed by atoms with Crippen LogP contribution in [0.25, 0.3) is 0 Å². The first-order valence-corrected chi connectivity index (χ1v) is 8.07. The van der Waals surface area contributed by atoms with E-state index in [4.69, 9.17) is 9.47 Å². The molecule has 0 radical (unpaired) electrons. The molecule has 0 unspecified atom stereocenters. The summed E-state index contributed by atoms with van der Waals surface area (Å²) < 4.78 is 12.0. The van der Waals surface area contributed by atoms with Crippen molar-refractivity contribution in [3.63, 3.8) is 0 Å². The fraction of sp³-hybridized carbons (Fsp3) is 0.667. The lowest BCUT2D eigenvalue weighted by Crippen LogP contribution is -2.35. The minimum atomic E-state index is 0.0772. The van der Waals surface area contributed by atoms with Crippen molar-refractivity contribution in [2.45, 2.75) is 72.6 Å². The molecule has 0 aromatic heterocycles. The van der Waals surface area contributed by atoms with Gasteiger partial charge in [-0.15, -0.1) is 0 Å². The van der Waals surface area contributed by atoms with Gasteiger partial charge in [0.1, 0.15) is 0 Å². The summed E-state index contributed by atoms with van der Waals surface area (Å²) in [4.78, 5) is 0. The zero-order valence-electron chi connectivity index (χ0n) is 14.5. The van der Waals surface area contributed by atoms with Crippen molar-refractivity contribution in [1.82, 2.24) is 5.32 Å². The number of hydrogen-bond acceptors (Lipinski definition) is 3.